The number of nitrogens with one attached hydrogen (secondary N) is 1. The molecule has 9 heteroatoms. The molecule has 0 aromatic rings. The van der Waals surface area contributed by atoms with E-state index in [-0.39, 0.29) is 12.5 Å². The maximum absolute atomic E-state index is 13.2. The molecule has 0 spiro atoms. The Hall–Kier alpha value is -3.93. The van der Waals surface area contributed by atoms with Crippen LogP contribution in [-0.4, -0.2) is 87.5 Å². The van der Waals surface area contributed by atoms with Crippen LogP contribution in [0, 0.1) is 0 Å². The smallest absolute Gasteiger partial charge is 0.220 e. The average molecular weight is 1320 g/mol. The molecule has 0 bridgehead atoms. The van der Waals surface area contributed by atoms with Crippen molar-refractivity contribution >= 4 is 5.91 Å². The van der Waals surface area contributed by atoms with Crippen LogP contribution in [0.2, 0.25) is 0 Å². The summed E-state index contributed by atoms with van der Waals surface area (Å²) in [6.07, 6.45) is 106. The molecule has 0 radical (unpaired) electrons. The van der Waals surface area contributed by atoms with Gasteiger partial charge in [0.1, 0.15) is 24.4 Å². The van der Waals surface area contributed by atoms with Gasteiger partial charge >= 0.3 is 0 Å². The van der Waals surface area contributed by atoms with Gasteiger partial charge in [-0.25, -0.2) is 0 Å². The molecule has 1 aliphatic heterocycles. The second kappa shape index (κ2) is 72.8. The van der Waals surface area contributed by atoms with E-state index >= 15 is 0 Å². The highest BCUT2D eigenvalue weighted by Gasteiger charge is 2.44. The summed E-state index contributed by atoms with van der Waals surface area (Å²) in [4.78, 5) is 13.2. The van der Waals surface area contributed by atoms with Crippen molar-refractivity contribution in [3.8, 4) is 0 Å². The van der Waals surface area contributed by atoms with Crippen LogP contribution in [0.5, 0.6) is 0 Å². The number of hydrogen-bond donors (Lipinski definition) is 6. The molecule has 0 aromatic heterocycles. The van der Waals surface area contributed by atoms with Crippen molar-refractivity contribution in [2.75, 3.05) is 13.2 Å². The minimum atomic E-state index is -1.58. The first-order valence-corrected chi connectivity index (χ1v) is 39.6. The summed E-state index contributed by atoms with van der Waals surface area (Å²) >= 11 is 0. The van der Waals surface area contributed by atoms with E-state index in [0.717, 1.165) is 103 Å². The summed E-state index contributed by atoms with van der Waals surface area (Å²) in [5.74, 6) is -0.194. The number of aliphatic hydroxyl groups excluding tert-OH is 5. The fourth-order valence-electron chi connectivity index (χ4n) is 11.8. The van der Waals surface area contributed by atoms with Gasteiger partial charge in [0.15, 0.2) is 6.29 Å². The standard InChI is InChI=1S/C86H147NO8/c1-3-5-7-9-11-13-15-17-19-21-23-25-27-29-31-33-35-36-37-38-39-40-41-42-43-44-46-48-50-52-54-56-58-60-62-64-66-68-70-72-74-76-82(90)87-79(78-94-86-85(93)84(92)83(91)81(77-88)95-86)80(89)75-73-71-69-67-65-63-61-59-57-55-53-51-49-47-45-34-32-30-28-26-24-22-20-18-16-14-12-10-8-6-4-2/h5,7,11,13,17,19,23,25,29,31,35-36,38-39,41-42,44,46,57,59,65,67,73,75,79-81,83-86,88-89,91-93H,3-4,6,8-10,12,14-16,18,20-22,24,26-28,30,32-34,37,40,43,45,47-56,58,60-64,66,68-72,74,76-78H2,1-2H3,(H,87,90)/b7-5-,13-11-,19-17-,25-23-,31-29-,36-35-,39-38-,42-41-,46-44-,59-57+,67-65+,75-73+. The summed E-state index contributed by atoms with van der Waals surface area (Å²) in [5.41, 5.74) is 0. The Labute approximate surface area is 584 Å². The van der Waals surface area contributed by atoms with Gasteiger partial charge in [0, 0.05) is 6.42 Å². The predicted octanol–water partition coefficient (Wildman–Crippen LogP) is 22.9. The zero-order chi connectivity index (χ0) is 68.5. The molecular formula is C86H147NO8. The summed E-state index contributed by atoms with van der Waals surface area (Å²) in [5, 5.41) is 54.9. The lowest BCUT2D eigenvalue weighted by Gasteiger charge is -2.40. The first kappa shape index (κ1) is 89.1. The van der Waals surface area contributed by atoms with Crippen molar-refractivity contribution in [3.63, 3.8) is 0 Å². The molecule has 7 unspecified atom stereocenters. The Bertz CT molecular complexity index is 2020. The van der Waals surface area contributed by atoms with Crippen LogP contribution < -0.4 is 5.32 Å². The highest BCUT2D eigenvalue weighted by molar-refractivity contribution is 5.76. The van der Waals surface area contributed by atoms with Crippen molar-refractivity contribution < 1.29 is 39.8 Å². The second-order valence-electron chi connectivity index (χ2n) is 26.8. The van der Waals surface area contributed by atoms with Gasteiger partial charge in [-0.2, -0.15) is 0 Å². The Morgan fingerprint density at radius 1 is 0.368 bits per heavy atom. The lowest BCUT2D eigenvalue weighted by Crippen LogP contribution is -2.60. The lowest BCUT2D eigenvalue weighted by molar-refractivity contribution is -0.302. The van der Waals surface area contributed by atoms with E-state index in [9.17, 15) is 30.3 Å². The molecule has 544 valence electrons. The maximum Gasteiger partial charge on any atom is 0.220 e. The topological polar surface area (TPSA) is 149 Å². The third kappa shape index (κ3) is 60.9. The molecule has 6 N–H and O–H groups in total. The second-order valence-corrected chi connectivity index (χ2v) is 26.8. The molecule has 1 heterocycles. The van der Waals surface area contributed by atoms with Gasteiger partial charge in [0.2, 0.25) is 5.91 Å². The van der Waals surface area contributed by atoms with E-state index in [1.54, 1.807) is 6.08 Å². The fourth-order valence-corrected chi connectivity index (χ4v) is 11.8. The van der Waals surface area contributed by atoms with Crippen molar-refractivity contribution in [1.82, 2.24) is 5.32 Å². The number of carbonyl (C=O) groups is 1. The molecular weight excluding hydrogens is 1170 g/mol. The zero-order valence-corrected chi connectivity index (χ0v) is 61.1. The van der Waals surface area contributed by atoms with E-state index in [4.69, 9.17) is 9.47 Å². The molecule has 0 saturated carbocycles. The quantitative estimate of drug-likeness (QED) is 0.0261. The third-order valence-electron chi connectivity index (χ3n) is 17.9. The van der Waals surface area contributed by atoms with Gasteiger partial charge in [-0.3, -0.25) is 4.79 Å². The molecule has 0 aliphatic carbocycles. The summed E-state index contributed by atoms with van der Waals surface area (Å²) in [6.45, 7) is 3.67. The van der Waals surface area contributed by atoms with Gasteiger partial charge in [0.05, 0.1) is 25.4 Å². The minimum absolute atomic E-state index is 0.194. The van der Waals surface area contributed by atoms with E-state index < -0.39 is 49.5 Å². The van der Waals surface area contributed by atoms with Crippen LogP contribution in [0.3, 0.4) is 0 Å². The maximum atomic E-state index is 13.2. The molecule has 1 amide bonds. The number of carbonyl (C=O) groups excluding carboxylic acids is 1. The fraction of sp³-hybridized carbons (Fsp3) is 0.709. The SMILES string of the molecule is CC/C=C\C/C=C\C/C=C\C/C=C\C/C=C\C/C=C\C/C=C\C/C=C\C/C=C\CCCCCCCCCCCCCCCC(=O)NC(COC1OC(CO)C(O)C(O)C1O)C(O)/C=C/CC/C=C/CC/C=C/CCCCCCCCCCCCCCCCCCCCCCC. The molecule has 1 saturated heterocycles. The van der Waals surface area contributed by atoms with Crippen LogP contribution in [0.4, 0.5) is 0 Å². The number of rotatable bonds is 68. The van der Waals surface area contributed by atoms with Crippen LogP contribution in [0.15, 0.2) is 146 Å². The van der Waals surface area contributed by atoms with Crippen molar-refractivity contribution in [2.24, 2.45) is 0 Å². The molecule has 1 fully saturated rings. The number of ether oxygens (including phenoxy) is 2. The van der Waals surface area contributed by atoms with Gasteiger partial charge in [-0.1, -0.05) is 359 Å². The first-order valence-electron chi connectivity index (χ1n) is 39.6. The van der Waals surface area contributed by atoms with Crippen LogP contribution >= 0.6 is 0 Å². The predicted molar refractivity (Wildman–Crippen MR) is 410 cm³/mol. The van der Waals surface area contributed by atoms with E-state index in [0.29, 0.717) is 6.42 Å². The van der Waals surface area contributed by atoms with Crippen molar-refractivity contribution in [1.29, 1.82) is 0 Å². The first-order chi connectivity index (χ1) is 46.8. The Kier molecular flexibility index (Phi) is 68.3. The summed E-state index contributed by atoms with van der Waals surface area (Å²) in [7, 11) is 0. The zero-order valence-electron chi connectivity index (χ0n) is 61.1. The number of aliphatic hydroxyl groups is 5. The van der Waals surface area contributed by atoms with Gasteiger partial charge in [-0.05, 0) is 116 Å². The van der Waals surface area contributed by atoms with Gasteiger partial charge in [-0.15, -0.1) is 0 Å². The number of amides is 1. The lowest BCUT2D eigenvalue weighted by atomic mass is 9.99. The number of hydrogen-bond acceptors (Lipinski definition) is 8. The van der Waals surface area contributed by atoms with E-state index in [1.807, 2.05) is 6.08 Å². The Balaban J connectivity index is 2.13. The van der Waals surface area contributed by atoms with Crippen LogP contribution in [0.25, 0.3) is 0 Å². The van der Waals surface area contributed by atoms with Crippen LogP contribution in [0.1, 0.15) is 335 Å². The number of unbranched alkanes of at least 4 members (excludes halogenated alkanes) is 36. The highest BCUT2D eigenvalue weighted by Crippen LogP contribution is 2.23. The monoisotopic (exact) mass is 1320 g/mol. The molecule has 1 aliphatic rings. The van der Waals surface area contributed by atoms with Crippen LogP contribution in [-0.2, 0) is 14.3 Å². The van der Waals surface area contributed by atoms with Crippen molar-refractivity contribution in [3.05, 3.63) is 146 Å². The largest absolute Gasteiger partial charge is 0.394 e. The van der Waals surface area contributed by atoms with Gasteiger partial charge in [0.25, 0.3) is 0 Å². The molecule has 0 aromatic carbocycles. The van der Waals surface area contributed by atoms with Crippen molar-refractivity contribution in [2.45, 2.75) is 378 Å². The molecule has 95 heavy (non-hydrogen) atoms. The normalized spacial score (nSPS) is 18.3. The van der Waals surface area contributed by atoms with Gasteiger partial charge < -0.3 is 40.3 Å². The Morgan fingerprint density at radius 3 is 1.01 bits per heavy atom. The Morgan fingerprint density at radius 2 is 0.663 bits per heavy atom. The average Bonchev–Trinajstić information content (AvgIpc) is 0.836. The third-order valence-corrected chi connectivity index (χ3v) is 17.9. The highest BCUT2D eigenvalue weighted by atomic mass is 16.7. The van der Waals surface area contributed by atoms with E-state index in [2.05, 4.69) is 153 Å². The number of allylic oxidation sites excluding steroid dienone is 23. The minimum Gasteiger partial charge on any atom is -0.394 e. The summed E-state index contributed by atoms with van der Waals surface area (Å²) < 4.78 is 11.3. The van der Waals surface area contributed by atoms with E-state index in [1.165, 1.54) is 212 Å². The summed E-state index contributed by atoms with van der Waals surface area (Å²) in [6, 6.07) is -0.840. The molecule has 1 rings (SSSR count). The molecule has 7 atom stereocenters. The molecule has 9 nitrogen and oxygen atoms in total.